The molecular formula is C9H7N3O6. The molecule has 2 rings (SSSR count). The molecule has 0 bridgehead atoms. The summed E-state index contributed by atoms with van der Waals surface area (Å²) in [5.41, 5.74) is 0. The number of ether oxygens (including phenoxy) is 1. The zero-order valence-corrected chi connectivity index (χ0v) is 8.94. The first kappa shape index (κ1) is 11.8. The first-order chi connectivity index (χ1) is 8.58. The first-order valence-electron chi connectivity index (χ1n) is 4.85. The summed E-state index contributed by atoms with van der Waals surface area (Å²) in [7, 11) is 0. The summed E-state index contributed by atoms with van der Waals surface area (Å²) in [4.78, 5) is 31.8. The first-order valence-corrected chi connectivity index (χ1v) is 4.85. The average molecular weight is 253 g/mol. The molecule has 1 aromatic rings. The van der Waals surface area contributed by atoms with Gasteiger partial charge in [0.1, 0.15) is 11.5 Å². The minimum atomic E-state index is -0.983. The predicted octanol–water partition coefficient (Wildman–Crippen LogP) is -0.0929. The van der Waals surface area contributed by atoms with Crippen LogP contribution in [0.3, 0.4) is 0 Å². The highest BCUT2D eigenvalue weighted by atomic mass is 16.6. The third kappa shape index (κ3) is 2.34. The number of carbonyl (C=O) groups is 2. The van der Waals surface area contributed by atoms with Crippen LogP contribution in [0.2, 0.25) is 0 Å². The van der Waals surface area contributed by atoms with E-state index in [9.17, 15) is 19.7 Å². The van der Waals surface area contributed by atoms with Crippen LogP contribution < -0.4 is 0 Å². The number of cyclic esters (lactones) is 1. The minimum absolute atomic E-state index is 0.0558. The second kappa shape index (κ2) is 4.65. The number of hydrogen-bond donors (Lipinski definition) is 0. The quantitative estimate of drug-likeness (QED) is 0.244. The van der Waals surface area contributed by atoms with Gasteiger partial charge in [0.15, 0.2) is 5.76 Å². The molecule has 9 nitrogen and oxygen atoms in total. The van der Waals surface area contributed by atoms with Gasteiger partial charge in [-0.05, 0) is 6.07 Å². The van der Waals surface area contributed by atoms with E-state index in [0.717, 1.165) is 17.3 Å². The summed E-state index contributed by atoms with van der Waals surface area (Å²) < 4.78 is 9.29. The summed E-state index contributed by atoms with van der Waals surface area (Å²) >= 11 is 0. The monoisotopic (exact) mass is 253 g/mol. The van der Waals surface area contributed by atoms with Crippen LogP contribution in [0.1, 0.15) is 5.76 Å². The zero-order chi connectivity index (χ0) is 13.1. The van der Waals surface area contributed by atoms with Crippen LogP contribution in [0.5, 0.6) is 0 Å². The Labute approximate surface area is 99.8 Å². The van der Waals surface area contributed by atoms with Crippen LogP contribution in [0.25, 0.3) is 0 Å². The van der Waals surface area contributed by atoms with Crippen LogP contribution in [0.4, 0.5) is 5.88 Å². The second-order valence-electron chi connectivity index (χ2n) is 3.24. The number of nitrogens with zero attached hydrogens (tertiary/aromatic N) is 3. The fraction of sp³-hybridized carbons (Fsp3) is 0.222. The van der Waals surface area contributed by atoms with Gasteiger partial charge >= 0.3 is 17.8 Å². The molecule has 0 aliphatic carbocycles. The molecule has 0 N–H and O–H groups in total. The standard InChI is InChI=1S/C9H7N3O6/c13-8-9(14)17-4-3-11(8)10-5-6-1-2-7(18-6)12(15)16/h1-2,5H,3-4H2/b10-5+. The Hall–Kier alpha value is -2.71. The lowest BCUT2D eigenvalue weighted by molar-refractivity contribution is -0.402. The van der Waals surface area contributed by atoms with Gasteiger partial charge in [0.05, 0.1) is 18.8 Å². The smallest absolute Gasteiger partial charge is 0.433 e. The molecule has 2 heterocycles. The predicted molar refractivity (Wildman–Crippen MR) is 55.6 cm³/mol. The Morgan fingerprint density at radius 3 is 2.89 bits per heavy atom. The summed E-state index contributed by atoms with van der Waals surface area (Å²) in [6.45, 7) is 0.185. The molecule has 1 amide bonds. The van der Waals surface area contributed by atoms with Crippen molar-refractivity contribution >= 4 is 24.0 Å². The molecule has 94 valence electrons. The van der Waals surface area contributed by atoms with Gasteiger partial charge in [-0.3, -0.25) is 14.9 Å². The molecule has 9 heteroatoms. The molecule has 0 atom stereocenters. The second-order valence-corrected chi connectivity index (χ2v) is 3.24. The van der Waals surface area contributed by atoms with E-state index in [1.54, 1.807) is 0 Å². The molecule has 0 spiro atoms. The summed E-state index contributed by atoms with van der Waals surface area (Å²) in [5, 5.41) is 15.0. The Morgan fingerprint density at radius 1 is 1.44 bits per heavy atom. The van der Waals surface area contributed by atoms with E-state index in [-0.39, 0.29) is 18.9 Å². The summed E-state index contributed by atoms with van der Waals surface area (Å²) in [6.07, 6.45) is 1.11. The topological polar surface area (TPSA) is 115 Å². The van der Waals surface area contributed by atoms with E-state index >= 15 is 0 Å². The molecule has 1 aliphatic heterocycles. The number of hydrogen-bond acceptors (Lipinski definition) is 7. The van der Waals surface area contributed by atoms with Crippen molar-refractivity contribution in [1.82, 2.24) is 5.01 Å². The molecule has 0 saturated carbocycles. The van der Waals surface area contributed by atoms with Crippen molar-refractivity contribution in [2.75, 3.05) is 13.2 Å². The van der Waals surface area contributed by atoms with E-state index in [2.05, 4.69) is 9.84 Å². The maximum atomic E-state index is 11.3. The molecule has 1 aliphatic rings. The molecule has 1 saturated heterocycles. The Bertz CT molecular complexity index is 534. The zero-order valence-electron chi connectivity index (χ0n) is 8.94. The van der Waals surface area contributed by atoms with E-state index < -0.39 is 22.7 Å². The van der Waals surface area contributed by atoms with Crippen LogP contribution in [0, 0.1) is 10.1 Å². The molecule has 0 aromatic carbocycles. The van der Waals surface area contributed by atoms with Crippen molar-refractivity contribution in [3.05, 3.63) is 28.0 Å². The number of nitro groups is 1. The third-order valence-corrected chi connectivity index (χ3v) is 2.06. The molecule has 0 radical (unpaired) electrons. The SMILES string of the molecule is O=C1OCCN(/N=C/c2ccc([N+](=O)[O-])o2)C1=O. The van der Waals surface area contributed by atoms with Crippen molar-refractivity contribution in [3.8, 4) is 0 Å². The highest BCUT2D eigenvalue weighted by molar-refractivity contribution is 6.32. The van der Waals surface area contributed by atoms with Gasteiger partial charge in [-0.2, -0.15) is 5.10 Å². The number of amides is 1. The van der Waals surface area contributed by atoms with Gasteiger partial charge in [0, 0.05) is 0 Å². The van der Waals surface area contributed by atoms with Gasteiger partial charge in [-0.1, -0.05) is 0 Å². The van der Waals surface area contributed by atoms with Crippen molar-refractivity contribution in [3.63, 3.8) is 0 Å². The van der Waals surface area contributed by atoms with Gasteiger partial charge in [-0.25, -0.2) is 9.80 Å². The van der Waals surface area contributed by atoms with Gasteiger partial charge in [-0.15, -0.1) is 0 Å². The number of rotatable bonds is 3. The maximum absolute atomic E-state index is 11.3. The van der Waals surface area contributed by atoms with Gasteiger partial charge < -0.3 is 9.15 Å². The highest BCUT2D eigenvalue weighted by Crippen LogP contribution is 2.14. The minimum Gasteiger partial charge on any atom is -0.457 e. The number of morpholine rings is 1. The van der Waals surface area contributed by atoms with Crippen molar-refractivity contribution in [1.29, 1.82) is 0 Å². The Kier molecular flexibility index (Phi) is 3.04. The lowest BCUT2D eigenvalue weighted by Gasteiger charge is -2.20. The molecule has 0 unspecified atom stereocenters. The van der Waals surface area contributed by atoms with Crippen molar-refractivity contribution in [2.24, 2.45) is 5.10 Å². The lowest BCUT2D eigenvalue weighted by atomic mass is 10.4. The van der Waals surface area contributed by atoms with Crippen molar-refractivity contribution < 1.29 is 23.7 Å². The summed E-state index contributed by atoms with van der Waals surface area (Å²) in [5.74, 6) is -2.20. The highest BCUT2D eigenvalue weighted by Gasteiger charge is 2.27. The van der Waals surface area contributed by atoms with Crippen LogP contribution in [0.15, 0.2) is 21.7 Å². The molecular weight excluding hydrogens is 246 g/mol. The van der Waals surface area contributed by atoms with E-state index in [1.807, 2.05) is 0 Å². The number of furan rings is 1. The molecule has 1 aromatic heterocycles. The fourth-order valence-electron chi connectivity index (χ4n) is 1.24. The van der Waals surface area contributed by atoms with E-state index in [1.165, 1.54) is 6.07 Å². The van der Waals surface area contributed by atoms with Gasteiger partial charge in [0.25, 0.3) is 0 Å². The number of carbonyl (C=O) groups excluding carboxylic acids is 2. The molecule has 1 fully saturated rings. The van der Waals surface area contributed by atoms with Crippen LogP contribution in [-0.4, -0.2) is 41.2 Å². The third-order valence-electron chi connectivity index (χ3n) is 2.06. The number of hydrazone groups is 1. The largest absolute Gasteiger partial charge is 0.457 e. The van der Waals surface area contributed by atoms with Crippen LogP contribution in [-0.2, 0) is 14.3 Å². The summed E-state index contributed by atoms with van der Waals surface area (Å²) in [6, 6.07) is 2.49. The maximum Gasteiger partial charge on any atom is 0.433 e. The van der Waals surface area contributed by atoms with E-state index in [0.29, 0.717) is 0 Å². The van der Waals surface area contributed by atoms with Gasteiger partial charge in [0.2, 0.25) is 0 Å². The fourth-order valence-corrected chi connectivity index (χ4v) is 1.24. The molecule has 18 heavy (non-hydrogen) atoms. The normalized spacial score (nSPS) is 16.1. The average Bonchev–Trinajstić information content (AvgIpc) is 2.80. The Balaban J connectivity index is 2.07. The van der Waals surface area contributed by atoms with E-state index in [4.69, 9.17) is 4.42 Å². The van der Waals surface area contributed by atoms with Crippen molar-refractivity contribution in [2.45, 2.75) is 0 Å². The lowest BCUT2D eigenvalue weighted by Crippen LogP contribution is -2.41. The number of esters is 1. The Morgan fingerprint density at radius 2 is 2.22 bits per heavy atom. The van der Waals surface area contributed by atoms with Crippen LogP contribution >= 0.6 is 0 Å².